The Morgan fingerprint density at radius 3 is 3.09 bits per heavy atom. The normalized spacial score (nSPS) is 10.4. The Bertz CT molecular complexity index is 260. The van der Waals surface area contributed by atoms with Crippen LogP contribution >= 0.6 is 15.9 Å². The zero-order valence-electron chi connectivity index (χ0n) is 6.12. The monoisotopic (exact) mass is 213 g/mol. The maximum absolute atomic E-state index is 4.78. The summed E-state index contributed by atoms with van der Waals surface area (Å²) in [5.74, 6) is 0. The molecule has 0 radical (unpaired) electrons. The number of rotatable bonds is 2. The molecule has 0 N–H and O–H groups in total. The summed E-state index contributed by atoms with van der Waals surface area (Å²) in [5.41, 5.74) is 1.06. The highest BCUT2D eigenvalue weighted by molar-refractivity contribution is 9.10. The summed E-state index contributed by atoms with van der Waals surface area (Å²) in [4.78, 5) is 3.93. The van der Waals surface area contributed by atoms with Crippen molar-refractivity contribution >= 4 is 22.0 Å². The van der Waals surface area contributed by atoms with Crippen LogP contribution in [0.25, 0.3) is 6.08 Å². The summed E-state index contributed by atoms with van der Waals surface area (Å²) in [5, 5.41) is 0. The molecule has 1 aromatic heterocycles. The van der Waals surface area contributed by atoms with Gasteiger partial charge < -0.3 is 4.74 Å². The minimum atomic E-state index is 0.966. The van der Waals surface area contributed by atoms with Gasteiger partial charge >= 0.3 is 0 Å². The smallest absolute Gasteiger partial charge is 0.0831 e. The molecule has 1 rings (SSSR count). The third kappa shape index (κ3) is 2.35. The van der Waals surface area contributed by atoms with E-state index in [-0.39, 0.29) is 0 Å². The molecule has 3 heteroatoms. The van der Waals surface area contributed by atoms with E-state index in [1.54, 1.807) is 25.8 Å². The number of hydrogen-bond donors (Lipinski definition) is 0. The molecule has 0 fully saturated rings. The molecule has 58 valence electrons. The molecule has 0 aliphatic heterocycles. The Balaban J connectivity index is 2.86. The van der Waals surface area contributed by atoms with Crippen LogP contribution in [0.5, 0.6) is 0 Å². The molecule has 0 unspecified atom stereocenters. The fourth-order valence-corrected chi connectivity index (χ4v) is 1.05. The van der Waals surface area contributed by atoms with Crippen LogP contribution in [0.15, 0.2) is 29.2 Å². The standard InChI is InChI=1S/C8H8BrNO/c1-11-5-3-7-2-4-10-6-8(7)9/h2-6H,1H3/b5-3-. The van der Waals surface area contributed by atoms with Crippen LogP contribution in [-0.2, 0) is 4.74 Å². The summed E-state index contributed by atoms with van der Waals surface area (Å²) in [6.45, 7) is 0. The van der Waals surface area contributed by atoms with E-state index in [0.29, 0.717) is 0 Å². The Hall–Kier alpha value is -0.830. The number of aromatic nitrogens is 1. The largest absolute Gasteiger partial charge is 0.504 e. The van der Waals surface area contributed by atoms with Gasteiger partial charge in [0.2, 0.25) is 0 Å². The van der Waals surface area contributed by atoms with Crippen molar-refractivity contribution in [3.05, 3.63) is 34.8 Å². The van der Waals surface area contributed by atoms with E-state index in [0.717, 1.165) is 10.0 Å². The molecule has 2 nitrogen and oxygen atoms in total. The lowest BCUT2D eigenvalue weighted by atomic mass is 10.3. The highest BCUT2D eigenvalue weighted by atomic mass is 79.9. The average molecular weight is 214 g/mol. The number of halogens is 1. The second-order valence-electron chi connectivity index (χ2n) is 1.94. The van der Waals surface area contributed by atoms with E-state index in [4.69, 9.17) is 4.74 Å². The van der Waals surface area contributed by atoms with Gasteiger partial charge in [-0.25, -0.2) is 0 Å². The molecule has 0 saturated heterocycles. The highest BCUT2D eigenvalue weighted by Crippen LogP contribution is 2.15. The lowest BCUT2D eigenvalue weighted by Crippen LogP contribution is -1.77. The molecule has 0 bridgehead atoms. The summed E-state index contributed by atoms with van der Waals surface area (Å²) >= 11 is 3.36. The average Bonchev–Trinajstić information content (AvgIpc) is 2.03. The summed E-state index contributed by atoms with van der Waals surface area (Å²) in [6, 6.07) is 1.90. The minimum Gasteiger partial charge on any atom is -0.504 e. The number of ether oxygens (including phenoxy) is 1. The van der Waals surface area contributed by atoms with Gasteiger partial charge in [0.15, 0.2) is 0 Å². The maximum atomic E-state index is 4.78. The second-order valence-corrected chi connectivity index (χ2v) is 2.79. The third-order valence-electron chi connectivity index (χ3n) is 1.19. The first-order valence-electron chi connectivity index (χ1n) is 3.13. The predicted molar refractivity (Wildman–Crippen MR) is 48.0 cm³/mol. The van der Waals surface area contributed by atoms with Crippen molar-refractivity contribution in [2.75, 3.05) is 7.11 Å². The highest BCUT2D eigenvalue weighted by Gasteiger charge is 1.91. The van der Waals surface area contributed by atoms with E-state index < -0.39 is 0 Å². The predicted octanol–water partition coefficient (Wildman–Crippen LogP) is 2.46. The lowest BCUT2D eigenvalue weighted by Gasteiger charge is -1.94. The third-order valence-corrected chi connectivity index (χ3v) is 1.85. The number of nitrogens with zero attached hydrogens (tertiary/aromatic N) is 1. The number of methoxy groups -OCH3 is 1. The van der Waals surface area contributed by atoms with E-state index >= 15 is 0 Å². The number of hydrogen-bond acceptors (Lipinski definition) is 2. The zero-order chi connectivity index (χ0) is 8.10. The lowest BCUT2D eigenvalue weighted by molar-refractivity contribution is 0.341. The number of pyridine rings is 1. The fourth-order valence-electron chi connectivity index (χ4n) is 0.662. The van der Waals surface area contributed by atoms with Crippen molar-refractivity contribution in [1.82, 2.24) is 4.98 Å². The van der Waals surface area contributed by atoms with Crippen molar-refractivity contribution in [2.45, 2.75) is 0 Å². The van der Waals surface area contributed by atoms with Crippen LogP contribution in [0.2, 0.25) is 0 Å². The SMILES string of the molecule is CO/C=C\c1ccncc1Br. The van der Waals surface area contributed by atoms with Crippen LogP contribution in [0.4, 0.5) is 0 Å². The van der Waals surface area contributed by atoms with Gasteiger partial charge in [0, 0.05) is 16.9 Å². The van der Waals surface area contributed by atoms with Gasteiger partial charge in [-0.2, -0.15) is 0 Å². The molecule has 1 heterocycles. The van der Waals surface area contributed by atoms with Crippen molar-refractivity contribution in [1.29, 1.82) is 0 Å². The Morgan fingerprint density at radius 1 is 1.64 bits per heavy atom. The van der Waals surface area contributed by atoms with Gasteiger partial charge in [-0.15, -0.1) is 0 Å². The van der Waals surface area contributed by atoms with Crippen LogP contribution < -0.4 is 0 Å². The summed E-state index contributed by atoms with van der Waals surface area (Å²) < 4.78 is 5.74. The Morgan fingerprint density at radius 2 is 2.45 bits per heavy atom. The first-order valence-corrected chi connectivity index (χ1v) is 3.93. The Labute approximate surface area is 74.0 Å². The molecule has 0 saturated carbocycles. The molecule has 1 aromatic rings. The van der Waals surface area contributed by atoms with Crippen LogP contribution in [-0.4, -0.2) is 12.1 Å². The Kier molecular flexibility index (Phi) is 3.11. The van der Waals surface area contributed by atoms with Crippen LogP contribution in [0, 0.1) is 0 Å². The molecular weight excluding hydrogens is 206 g/mol. The molecule has 11 heavy (non-hydrogen) atoms. The molecule has 0 atom stereocenters. The molecule has 0 aromatic carbocycles. The molecule has 0 aliphatic carbocycles. The fraction of sp³-hybridized carbons (Fsp3) is 0.125. The topological polar surface area (TPSA) is 22.1 Å². The van der Waals surface area contributed by atoms with Gasteiger partial charge in [-0.3, -0.25) is 4.98 Å². The van der Waals surface area contributed by atoms with E-state index in [9.17, 15) is 0 Å². The van der Waals surface area contributed by atoms with E-state index in [1.165, 1.54) is 0 Å². The first-order chi connectivity index (χ1) is 5.34. The van der Waals surface area contributed by atoms with Gasteiger partial charge in [0.25, 0.3) is 0 Å². The summed E-state index contributed by atoms with van der Waals surface area (Å²) in [6.07, 6.45) is 6.97. The van der Waals surface area contributed by atoms with Crippen molar-refractivity contribution < 1.29 is 4.74 Å². The van der Waals surface area contributed by atoms with Crippen molar-refractivity contribution in [3.8, 4) is 0 Å². The second kappa shape index (κ2) is 4.13. The first kappa shape index (κ1) is 8.27. The van der Waals surface area contributed by atoms with Crippen LogP contribution in [0.1, 0.15) is 5.56 Å². The molecule has 0 amide bonds. The van der Waals surface area contributed by atoms with Crippen molar-refractivity contribution in [3.63, 3.8) is 0 Å². The zero-order valence-corrected chi connectivity index (χ0v) is 7.71. The van der Waals surface area contributed by atoms with Crippen LogP contribution in [0.3, 0.4) is 0 Å². The minimum absolute atomic E-state index is 0.966. The van der Waals surface area contributed by atoms with Gasteiger partial charge in [0.05, 0.1) is 13.4 Å². The maximum Gasteiger partial charge on any atom is 0.0831 e. The van der Waals surface area contributed by atoms with Gasteiger partial charge in [-0.05, 0) is 33.6 Å². The van der Waals surface area contributed by atoms with Crippen molar-refractivity contribution in [2.24, 2.45) is 0 Å². The quantitative estimate of drug-likeness (QED) is 0.705. The van der Waals surface area contributed by atoms with Gasteiger partial charge in [-0.1, -0.05) is 0 Å². The molecular formula is C8H8BrNO. The molecule has 0 spiro atoms. The van der Waals surface area contributed by atoms with E-state index in [1.807, 2.05) is 12.1 Å². The van der Waals surface area contributed by atoms with E-state index in [2.05, 4.69) is 20.9 Å². The molecule has 0 aliphatic rings. The van der Waals surface area contributed by atoms with Gasteiger partial charge in [0.1, 0.15) is 0 Å². The summed E-state index contributed by atoms with van der Waals surface area (Å²) in [7, 11) is 1.62.